The maximum absolute atomic E-state index is 3.48. The molecule has 0 spiro atoms. The Balaban J connectivity index is 1.97. The molecule has 10 heavy (non-hydrogen) atoms. The zero-order valence-corrected chi connectivity index (χ0v) is 6.40. The summed E-state index contributed by atoms with van der Waals surface area (Å²) in [6.07, 6.45) is 14.0. The number of rotatable bonds is 1. The molecule has 0 aromatic rings. The van der Waals surface area contributed by atoms with E-state index in [0.29, 0.717) is 0 Å². The fourth-order valence-electron chi connectivity index (χ4n) is 2.02. The van der Waals surface area contributed by atoms with E-state index in [0.717, 1.165) is 5.92 Å². The van der Waals surface area contributed by atoms with Gasteiger partial charge in [-0.2, -0.15) is 0 Å². The van der Waals surface area contributed by atoms with Crippen LogP contribution in [-0.2, 0) is 0 Å². The van der Waals surface area contributed by atoms with Gasteiger partial charge in [-0.05, 0) is 50.5 Å². The van der Waals surface area contributed by atoms with Crippen LogP contribution in [0.2, 0.25) is 0 Å². The highest BCUT2D eigenvalue weighted by atomic mass is 14.3. The van der Waals surface area contributed by atoms with Crippen molar-refractivity contribution in [3.8, 4) is 0 Å². The third-order valence-corrected chi connectivity index (χ3v) is 2.59. The highest BCUT2D eigenvalue weighted by Gasteiger charge is 2.20. The van der Waals surface area contributed by atoms with Gasteiger partial charge in [0, 0.05) is 0 Å². The molecule has 2 rings (SSSR count). The minimum atomic E-state index is 0.836. The van der Waals surface area contributed by atoms with E-state index in [1.165, 1.54) is 38.5 Å². The predicted octanol–water partition coefficient (Wildman–Crippen LogP) is 2.90. The molecule has 0 nitrogen and oxygen atoms in total. The largest absolute Gasteiger partial charge is 0.0633 e. The second-order valence-corrected chi connectivity index (χ2v) is 3.33. The van der Waals surface area contributed by atoms with Crippen molar-refractivity contribution in [3.05, 3.63) is 18.1 Å². The minimum Gasteiger partial charge on any atom is -0.0633 e. The van der Waals surface area contributed by atoms with E-state index in [4.69, 9.17) is 0 Å². The summed E-state index contributed by atoms with van der Waals surface area (Å²) in [7, 11) is 0. The van der Waals surface area contributed by atoms with Crippen molar-refractivity contribution >= 4 is 0 Å². The van der Waals surface area contributed by atoms with Gasteiger partial charge in [0.25, 0.3) is 0 Å². The number of hydrogen-bond donors (Lipinski definition) is 0. The van der Waals surface area contributed by atoms with Gasteiger partial charge in [0.1, 0.15) is 0 Å². The van der Waals surface area contributed by atoms with Crippen LogP contribution in [0.4, 0.5) is 0 Å². The van der Waals surface area contributed by atoms with Crippen molar-refractivity contribution in [2.24, 2.45) is 5.92 Å². The van der Waals surface area contributed by atoms with Gasteiger partial charge in [-0.25, -0.2) is 0 Å². The van der Waals surface area contributed by atoms with Crippen molar-refractivity contribution < 1.29 is 0 Å². The summed E-state index contributed by atoms with van der Waals surface area (Å²) in [5.41, 5.74) is 1.62. The Hall–Kier alpha value is -0.260. The molecule has 1 fully saturated rings. The lowest BCUT2D eigenvalue weighted by Gasteiger charge is -2.08. The molecule has 0 aromatic heterocycles. The van der Waals surface area contributed by atoms with Gasteiger partial charge < -0.3 is 0 Å². The van der Waals surface area contributed by atoms with E-state index in [9.17, 15) is 0 Å². The Bertz CT molecular complexity index is 138. The topological polar surface area (TPSA) is 0 Å². The molecule has 0 aromatic carbocycles. The van der Waals surface area contributed by atoms with Crippen LogP contribution in [0, 0.1) is 18.4 Å². The predicted molar refractivity (Wildman–Crippen MR) is 42.2 cm³/mol. The molecule has 1 unspecified atom stereocenters. The third kappa shape index (κ3) is 1.12. The van der Waals surface area contributed by atoms with Gasteiger partial charge in [-0.1, -0.05) is 12.0 Å². The van der Waals surface area contributed by atoms with E-state index in [1.54, 1.807) is 5.57 Å². The molecule has 2 aliphatic carbocycles. The van der Waals surface area contributed by atoms with Crippen molar-refractivity contribution in [2.75, 3.05) is 0 Å². The zero-order chi connectivity index (χ0) is 6.81. The second kappa shape index (κ2) is 2.77. The average molecular weight is 134 g/mol. The van der Waals surface area contributed by atoms with Gasteiger partial charge in [0.2, 0.25) is 0 Å². The first-order valence-corrected chi connectivity index (χ1v) is 4.40. The standard InChI is InChI=1S/C10H14/c1-2-6-9(5-1)10-7-3-4-8-10/h5,9H,1-4,6-7H2. The minimum absolute atomic E-state index is 0.836. The lowest BCUT2D eigenvalue weighted by atomic mass is 9.97. The number of allylic oxidation sites excluding steroid dienone is 2. The Labute approximate surface area is 63.3 Å². The molecule has 0 aliphatic heterocycles. The summed E-state index contributed by atoms with van der Waals surface area (Å²) in [4.78, 5) is 0. The quantitative estimate of drug-likeness (QED) is 0.517. The molecule has 0 amide bonds. The normalized spacial score (nSPS) is 27.4. The van der Waals surface area contributed by atoms with Crippen LogP contribution >= 0.6 is 0 Å². The first-order valence-electron chi connectivity index (χ1n) is 4.40. The highest BCUT2D eigenvalue weighted by molar-refractivity contribution is 5.13. The fraction of sp³-hybridized carbons (Fsp3) is 0.700. The van der Waals surface area contributed by atoms with Crippen molar-refractivity contribution in [3.63, 3.8) is 0 Å². The Morgan fingerprint density at radius 3 is 3.00 bits per heavy atom. The Kier molecular flexibility index (Phi) is 1.79. The summed E-state index contributed by atoms with van der Waals surface area (Å²) < 4.78 is 0. The summed E-state index contributed by atoms with van der Waals surface area (Å²) in [5.74, 6) is 0.836. The van der Waals surface area contributed by atoms with Gasteiger partial charge >= 0.3 is 0 Å². The molecule has 0 saturated heterocycles. The molecule has 0 heterocycles. The maximum atomic E-state index is 3.48. The van der Waals surface area contributed by atoms with Crippen LogP contribution in [0.1, 0.15) is 38.5 Å². The van der Waals surface area contributed by atoms with Crippen molar-refractivity contribution in [2.45, 2.75) is 38.5 Å². The van der Waals surface area contributed by atoms with Crippen LogP contribution in [0.5, 0.6) is 0 Å². The van der Waals surface area contributed by atoms with E-state index < -0.39 is 0 Å². The van der Waals surface area contributed by atoms with E-state index in [2.05, 4.69) is 12.5 Å². The second-order valence-electron chi connectivity index (χ2n) is 3.33. The molecule has 0 heteroatoms. The third-order valence-electron chi connectivity index (χ3n) is 2.59. The highest BCUT2D eigenvalue weighted by Crippen LogP contribution is 2.35. The molecular weight excluding hydrogens is 120 g/mol. The molecule has 2 radical (unpaired) electrons. The molecule has 1 saturated carbocycles. The Morgan fingerprint density at radius 2 is 2.40 bits per heavy atom. The van der Waals surface area contributed by atoms with Crippen LogP contribution in [0.15, 0.2) is 5.57 Å². The first-order chi connectivity index (χ1) is 4.97. The van der Waals surface area contributed by atoms with Crippen LogP contribution in [0.25, 0.3) is 0 Å². The fourth-order valence-corrected chi connectivity index (χ4v) is 2.02. The van der Waals surface area contributed by atoms with Crippen molar-refractivity contribution in [1.82, 2.24) is 0 Å². The van der Waals surface area contributed by atoms with Crippen molar-refractivity contribution in [1.29, 1.82) is 0 Å². The number of hydrogen-bond acceptors (Lipinski definition) is 0. The smallest absolute Gasteiger partial charge is 0.0166 e. The molecule has 2 aliphatic rings. The molecular formula is C10H14. The van der Waals surface area contributed by atoms with E-state index >= 15 is 0 Å². The van der Waals surface area contributed by atoms with E-state index in [-0.39, 0.29) is 0 Å². The monoisotopic (exact) mass is 134 g/mol. The molecule has 0 N–H and O–H groups in total. The van der Waals surface area contributed by atoms with Crippen LogP contribution in [0.3, 0.4) is 0 Å². The molecule has 0 bridgehead atoms. The zero-order valence-electron chi connectivity index (χ0n) is 6.40. The average Bonchev–Trinajstić information content (AvgIpc) is 2.59. The summed E-state index contributed by atoms with van der Waals surface area (Å²) in [6, 6.07) is 0. The summed E-state index contributed by atoms with van der Waals surface area (Å²) >= 11 is 0. The molecule has 1 atom stereocenters. The SMILES string of the molecule is [C]1=C(C2[CH]CCC2)CCC1. The molecule has 54 valence electrons. The van der Waals surface area contributed by atoms with Gasteiger partial charge in [-0.15, -0.1) is 0 Å². The summed E-state index contributed by atoms with van der Waals surface area (Å²) in [5, 5.41) is 0. The lowest BCUT2D eigenvalue weighted by Crippen LogP contribution is -1.95. The van der Waals surface area contributed by atoms with Gasteiger partial charge in [0.05, 0.1) is 0 Å². The Morgan fingerprint density at radius 1 is 1.40 bits per heavy atom. The van der Waals surface area contributed by atoms with Crippen LogP contribution < -0.4 is 0 Å². The maximum Gasteiger partial charge on any atom is -0.0166 e. The lowest BCUT2D eigenvalue weighted by molar-refractivity contribution is 0.690. The summed E-state index contributed by atoms with van der Waals surface area (Å²) in [6.45, 7) is 0. The van der Waals surface area contributed by atoms with E-state index in [1.807, 2.05) is 0 Å². The van der Waals surface area contributed by atoms with Crippen LogP contribution in [-0.4, -0.2) is 0 Å². The first kappa shape index (κ1) is 6.45. The van der Waals surface area contributed by atoms with Gasteiger partial charge in [0.15, 0.2) is 0 Å². The van der Waals surface area contributed by atoms with Gasteiger partial charge in [-0.3, -0.25) is 0 Å².